The van der Waals surface area contributed by atoms with Crippen LogP contribution in [0.5, 0.6) is 0 Å². The first-order valence-electron chi connectivity index (χ1n) is 12.1. The van der Waals surface area contributed by atoms with E-state index in [-0.39, 0.29) is 30.5 Å². The molecular weight excluding hydrogens is 464 g/mol. The zero-order valence-corrected chi connectivity index (χ0v) is 20.0. The number of carbonyl (C=O) groups is 2. The van der Waals surface area contributed by atoms with Crippen LogP contribution in [0.1, 0.15) is 60.3 Å². The molecule has 12 heteroatoms. The van der Waals surface area contributed by atoms with Gasteiger partial charge in [0.05, 0.1) is 12.6 Å². The number of fused-ring (bicyclic) bond motifs is 1. The number of amides is 2. The molecule has 0 aromatic carbocycles. The number of hydrogen-bond acceptors (Lipinski definition) is 9. The van der Waals surface area contributed by atoms with Crippen molar-refractivity contribution in [2.75, 3.05) is 18.5 Å². The fraction of sp³-hybridized carbons (Fsp3) is 0.458. The molecule has 3 aromatic rings. The van der Waals surface area contributed by atoms with E-state index in [1.54, 1.807) is 42.3 Å². The number of ether oxygens (including phenoxy) is 1. The number of aliphatic hydroxyl groups excluding tert-OH is 1. The molecule has 2 N–H and O–H groups in total. The number of rotatable bonds is 6. The van der Waals surface area contributed by atoms with Crippen molar-refractivity contribution < 1.29 is 19.4 Å². The van der Waals surface area contributed by atoms with Gasteiger partial charge in [-0.1, -0.05) is 6.07 Å². The molecule has 1 atom stereocenters. The number of nitrogens with one attached hydrogen (secondary N) is 1. The second kappa shape index (κ2) is 10.4. The van der Waals surface area contributed by atoms with Gasteiger partial charge in [0.1, 0.15) is 23.3 Å². The van der Waals surface area contributed by atoms with Gasteiger partial charge in [-0.3, -0.25) is 9.78 Å². The zero-order valence-electron chi connectivity index (χ0n) is 20.0. The summed E-state index contributed by atoms with van der Waals surface area (Å²) >= 11 is 0. The number of carbonyl (C=O) groups excluding carboxylic acids is 2. The van der Waals surface area contributed by atoms with E-state index >= 15 is 0 Å². The summed E-state index contributed by atoms with van der Waals surface area (Å²) in [6.07, 6.45) is 6.12. The molecule has 3 aromatic heterocycles. The number of aliphatic hydroxyl groups is 1. The van der Waals surface area contributed by atoms with Gasteiger partial charge in [-0.05, 0) is 78.8 Å². The van der Waals surface area contributed by atoms with Gasteiger partial charge in [0, 0.05) is 19.3 Å². The van der Waals surface area contributed by atoms with Crippen LogP contribution in [0.2, 0.25) is 0 Å². The van der Waals surface area contributed by atoms with Crippen molar-refractivity contribution in [3.63, 3.8) is 0 Å². The van der Waals surface area contributed by atoms with Crippen LogP contribution < -0.4 is 5.32 Å². The Labute approximate surface area is 207 Å². The molecule has 1 aliphatic heterocycles. The quantitative estimate of drug-likeness (QED) is 0.529. The molecule has 5 rings (SSSR count). The van der Waals surface area contributed by atoms with E-state index in [4.69, 9.17) is 4.74 Å². The smallest absolute Gasteiger partial charge is 0.410 e. The Kier molecular flexibility index (Phi) is 6.85. The highest BCUT2D eigenvalue weighted by molar-refractivity contribution is 6.02. The van der Waals surface area contributed by atoms with Gasteiger partial charge >= 0.3 is 6.09 Å². The maximum absolute atomic E-state index is 13.0. The lowest BCUT2D eigenvalue weighted by molar-refractivity contribution is 0.0618. The van der Waals surface area contributed by atoms with Gasteiger partial charge in [-0.15, -0.1) is 5.10 Å². The summed E-state index contributed by atoms with van der Waals surface area (Å²) in [5, 5.41) is 23.8. The predicted molar refractivity (Wildman–Crippen MR) is 128 cm³/mol. The van der Waals surface area contributed by atoms with E-state index in [0.29, 0.717) is 36.8 Å². The standard InChI is InChI=1S/C24H28N8O4/c1-15(14-33)32-22(28-29-30-32)19-7-4-8-21(26-19)27-23(34)20-11-17-13-31(10-9-16(17)12-25-20)24(35)36-18-5-2-3-6-18/h4,7-8,11-12,15,18,33H,2-3,5-6,9-10,13-14H2,1H3,(H,26,27,34)/t15-/m1/s1. The minimum Gasteiger partial charge on any atom is -0.446 e. The Morgan fingerprint density at radius 1 is 1.25 bits per heavy atom. The lowest BCUT2D eigenvalue weighted by atomic mass is 10.0. The highest BCUT2D eigenvalue weighted by atomic mass is 16.6. The first-order chi connectivity index (χ1) is 17.5. The minimum atomic E-state index is -0.420. The first kappa shape index (κ1) is 23.8. The van der Waals surface area contributed by atoms with Crippen molar-refractivity contribution in [3.8, 4) is 11.5 Å². The van der Waals surface area contributed by atoms with Crippen molar-refractivity contribution in [1.82, 2.24) is 35.1 Å². The Hall–Kier alpha value is -3.93. The van der Waals surface area contributed by atoms with Crippen LogP contribution in [-0.2, 0) is 17.7 Å². The van der Waals surface area contributed by atoms with Crippen LogP contribution in [0.15, 0.2) is 30.5 Å². The molecule has 1 saturated carbocycles. The number of anilines is 1. The number of tetrazole rings is 1. The lowest BCUT2D eigenvalue weighted by Crippen LogP contribution is -2.38. The van der Waals surface area contributed by atoms with Crippen LogP contribution in [-0.4, -0.2) is 71.4 Å². The fourth-order valence-corrected chi connectivity index (χ4v) is 4.49. The summed E-state index contributed by atoms with van der Waals surface area (Å²) in [6.45, 7) is 2.59. The Morgan fingerprint density at radius 3 is 2.89 bits per heavy atom. The molecule has 12 nitrogen and oxygen atoms in total. The molecule has 1 fully saturated rings. The third-order valence-corrected chi connectivity index (χ3v) is 6.55. The van der Waals surface area contributed by atoms with E-state index in [1.807, 2.05) is 0 Å². The summed E-state index contributed by atoms with van der Waals surface area (Å²) in [7, 11) is 0. The number of pyridine rings is 2. The number of hydrogen-bond donors (Lipinski definition) is 2. The van der Waals surface area contributed by atoms with Gasteiger partial charge < -0.3 is 20.1 Å². The van der Waals surface area contributed by atoms with Crippen molar-refractivity contribution in [1.29, 1.82) is 0 Å². The monoisotopic (exact) mass is 492 g/mol. The molecule has 1 aliphatic carbocycles. The second-order valence-electron chi connectivity index (χ2n) is 9.14. The summed E-state index contributed by atoms with van der Waals surface area (Å²) in [5.41, 5.74) is 2.57. The average molecular weight is 493 g/mol. The molecule has 4 heterocycles. The van der Waals surface area contributed by atoms with Gasteiger partial charge in [-0.25, -0.2) is 14.5 Å². The topological polar surface area (TPSA) is 148 Å². The van der Waals surface area contributed by atoms with Gasteiger partial charge in [-0.2, -0.15) is 0 Å². The number of nitrogens with zero attached hydrogens (tertiary/aromatic N) is 7. The van der Waals surface area contributed by atoms with Crippen LogP contribution in [0.25, 0.3) is 11.5 Å². The molecule has 36 heavy (non-hydrogen) atoms. The van der Waals surface area contributed by atoms with E-state index in [9.17, 15) is 14.7 Å². The Morgan fingerprint density at radius 2 is 2.08 bits per heavy atom. The third-order valence-electron chi connectivity index (χ3n) is 6.55. The minimum absolute atomic E-state index is 0.0115. The first-order valence-corrected chi connectivity index (χ1v) is 12.1. The molecule has 0 saturated heterocycles. The van der Waals surface area contributed by atoms with E-state index in [2.05, 4.69) is 30.8 Å². The van der Waals surface area contributed by atoms with Gasteiger partial charge in [0.25, 0.3) is 5.91 Å². The summed E-state index contributed by atoms with van der Waals surface area (Å²) < 4.78 is 7.12. The zero-order chi connectivity index (χ0) is 25.1. The second-order valence-corrected chi connectivity index (χ2v) is 9.14. The average Bonchev–Trinajstić information content (AvgIpc) is 3.60. The SMILES string of the molecule is C[C@H](CO)n1nnnc1-c1cccc(NC(=O)c2cc3c(cn2)CCN(C(=O)OC2CCCC2)C3)n1. The van der Waals surface area contributed by atoms with Crippen molar-refractivity contribution in [2.45, 2.75) is 57.7 Å². The molecule has 188 valence electrons. The Bertz CT molecular complexity index is 1260. The normalized spacial score (nSPS) is 16.4. The summed E-state index contributed by atoms with van der Waals surface area (Å²) in [5.74, 6) is 0.269. The molecular formula is C24H28N8O4. The maximum Gasteiger partial charge on any atom is 0.410 e. The summed E-state index contributed by atoms with van der Waals surface area (Å²) in [4.78, 5) is 36.0. The van der Waals surface area contributed by atoms with Crippen LogP contribution in [0.4, 0.5) is 10.6 Å². The number of aromatic nitrogens is 6. The lowest BCUT2D eigenvalue weighted by Gasteiger charge is -2.29. The van der Waals surface area contributed by atoms with E-state index in [1.165, 1.54) is 4.68 Å². The molecule has 0 radical (unpaired) electrons. The summed E-state index contributed by atoms with van der Waals surface area (Å²) in [6, 6.07) is 6.49. The molecule has 2 aliphatic rings. The fourth-order valence-electron chi connectivity index (χ4n) is 4.49. The van der Waals surface area contributed by atoms with Gasteiger partial charge in [0.15, 0.2) is 0 Å². The van der Waals surface area contributed by atoms with Crippen molar-refractivity contribution >= 4 is 17.8 Å². The molecule has 0 spiro atoms. The molecule has 0 bridgehead atoms. The van der Waals surface area contributed by atoms with Crippen molar-refractivity contribution in [2.24, 2.45) is 0 Å². The van der Waals surface area contributed by atoms with Crippen molar-refractivity contribution in [3.05, 3.63) is 47.3 Å². The van der Waals surface area contributed by atoms with E-state index in [0.717, 1.165) is 36.8 Å². The highest BCUT2D eigenvalue weighted by Crippen LogP contribution is 2.25. The van der Waals surface area contributed by atoms with Crippen LogP contribution >= 0.6 is 0 Å². The van der Waals surface area contributed by atoms with Crippen LogP contribution in [0, 0.1) is 0 Å². The maximum atomic E-state index is 13.0. The van der Waals surface area contributed by atoms with Gasteiger partial charge in [0.2, 0.25) is 5.82 Å². The molecule has 0 unspecified atom stereocenters. The van der Waals surface area contributed by atoms with Crippen LogP contribution in [0.3, 0.4) is 0 Å². The predicted octanol–water partition coefficient (Wildman–Crippen LogP) is 2.37. The molecule has 2 amide bonds. The largest absolute Gasteiger partial charge is 0.446 e. The third kappa shape index (κ3) is 5.03. The highest BCUT2D eigenvalue weighted by Gasteiger charge is 2.27. The Balaban J connectivity index is 1.28. The van der Waals surface area contributed by atoms with E-state index < -0.39 is 5.91 Å².